The third kappa shape index (κ3) is 6.06. The van der Waals surface area contributed by atoms with Crippen molar-refractivity contribution in [1.82, 2.24) is 10.2 Å². The second kappa shape index (κ2) is 8.98. The second-order valence-electron chi connectivity index (χ2n) is 7.27. The number of hydrogen-bond acceptors (Lipinski definition) is 5. The lowest BCUT2D eigenvalue weighted by Gasteiger charge is -2.19. The van der Waals surface area contributed by atoms with Crippen LogP contribution >= 0.6 is 34.5 Å². The van der Waals surface area contributed by atoms with Gasteiger partial charge in [-0.1, -0.05) is 67.4 Å². The fraction of sp³-hybridized carbons (Fsp3) is 0.250. The minimum atomic E-state index is -0.476. The molecule has 0 aliphatic heterocycles. The SMILES string of the molecule is CC(C)(C)c1ccc(OCc2nnc(NC(=O)Nc3ccc(Cl)cc3Cl)s2)cc1. The Kier molecular flexibility index (Phi) is 6.62. The topological polar surface area (TPSA) is 76.1 Å². The van der Waals surface area contributed by atoms with Crippen LogP contribution in [0.4, 0.5) is 15.6 Å². The number of aromatic nitrogens is 2. The highest BCUT2D eigenvalue weighted by atomic mass is 35.5. The zero-order valence-electron chi connectivity index (χ0n) is 16.1. The average Bonchev–Trinajstić information content (AvgIpc) is 3.09. The summed E-state index contributed by atoms with van der Waals surface area (Å²) < 4.78 is 5.75. The smallest absolute Gasteiger partial charge is 0.325 e. The van der Waals surface area contributed by atoms with Crippen LogP contribution in [0.3, 0.4) is 0 Å². The molecule has 2 amide bonds. The molecule has 1 aromatic heterocycles. The van der Waals surface area contributed by atoms with Crippen molar-refractivity contribution in [2.75, 3.05) is 10.6 Å². The fourth-order valence-electron chi connectivity index (χ4n) is 2.40. The van der Waals surface area contributed by atoms with Gasteiger partial charge < -0.3 is 10.1 Å². The first-order chi connectivity index (χ1) is 13.7. The number of nitrogens with zero attached hydrogens (tertiary/aromatic N) is 2. The molecule has 9 heteroatoms. The summed E-state index contributed by atoms with van der Waals surface area (Å²) in [4.78, 5) is 12.1. The van der Waals surface area contributed by atoms with Crippen molar-refractivity contribution >= 4 is 51.4 Å². The van der Waals surface area contributed by atoms with E-state index in [4.69, 9.17) is 27.9 Å². The number of anilines is 2. The quantitative estimate of drug-likeness (QED) is 0.473. The largest absolute Gasteiger partial charge is 0.486 e. The highest BCUT2D eigenvalue weighted by molar-refractivity contribution is 7.15. The minimum Gasteiger partial charge on any atom is -0.486 e. The Bertz CT molecular complexity index is 1000. The Morgan fingerprint density at radius 1 is 1.07 bits per heavy atom. The zero-order valence-corrected chi connectivity index (χ0v) is 18.5. The molecule has 0 bridgehead atoms. The molecule has 2 aromatic carbocycles. The molecule has 6 nitrogen and oxygen atoms in total. The summed E-state index contributed by atoms with van der Waals surface area (Å²) in [6, 6.07) is 12.3. The molecule has 0 aliphatic rings. The van der Waals surface area contributed by atoms with Gasteiger partial charge in [-0.3, -0.25) is 5.32 Å². The first-order valence-electron chi connectivity index (χ1n) is 8.79. The Hall–Kier alpha value is -2.35. The molecule has 0 aliphatic carbocycles. The number of ether oxygens (including phenoxy) is 1. The number of carbonyl (C=O) groups is 1. The fourth-order valence-corrected chi connectivity index (χ4v) is 3.50. The molecule has 0 fully saturated rings. The van der Waals surface area contributed by atoms with Crippen molar-refractivity contribution in [2.24, 2.45) is 0 Å². The number of amides is 2. The predicted octanol–water partition coefficient (Wildman–Crippen LogP) is 6.37. The molecule has 0 atom stereocenters. The van der Waals surface area contributed by atoms with E-state index < -0.39 is 6.03 Å². The van der Waals surface area contributed by atoms with Crippen LogP contribution in [-0.4, -0.2) is 16.2 Å². The summed E-state index contributed by atoms with van der Waals surface area (Å²) in [7, 11) is 0. The molecular weight excluding hydrogens is 431 g/mol. The highest BCUT2D eigenvalue weighted by Gasteiger charge is 2.14. The van der Waals surface area contributed by atoms with Crippen LogP contribution < -0.4 is 15.4 Å². The molecule has 0 saturated heterocycles. The van der Waals surface area contributed by atoms with E-state index in [9.17, 15) is 4.79 Å². The van der Waals surface area contributed by atoms with Crippen LogP contribution in [0.25, 0.3) is 0 Å². The minimum absolute atomic E-state index is 0.0924. The molecule has 0 saturated carbocycles. The van der Waals surface area contributed by atoms with Crippen LogP contribution in [0, 0.1) is 0 Å². The van der Waals surface area contributed by atoms with Gasteiger partial charge in [-0.25, -0.2) is 4.79 Å². The van der Waals surface area contributed by atoms with E-state index in [0.717, 1.165) is 5.75 Å². The molecule has 152 valence electrons. The monoisotopic (exact) mass is 450 g/mol. The van der Waals surface area contributed by atoms with E-state index in [2.05, 4.69) is 53.7 Å². The summed E-state index contributed by atoms with van der Waals surface area (Å²) in [5, 5.41) is 15.1. The summed E-state index contributed by atoms with van der Waals surface area (Å²) >= 11 is 13.1. The number of rotatable bonds is 5. The van der Waals surface area contributed by atoms with Gasteiger partial charge in [0, 0.05) is 5.02 Å². The average molecular weight is 451 g/mol. The molecule has 3 rings (SSSR count). The first-order valence-corrected chi connectivity index (χ1v) is 10.4. The van der Waals surface area contributed by atoms with Gasteiger partial charge in [-0.15, -0.1) is 10.2 Å². The van der Waals surface area contributed by atoms with Crippen molar-refractivity contribution < 1.29 is 9.53 Å². The Labute approximate surface area is 183 Å². The van der Waals surface area contributed by atoms with Gasteiger partial charge in [0.15, 0.2) is 5.01 Å². The van der Waals surface area contributed by atoms with E-state index in [-0.39, 0.29) is 12.0 Å². The molecule has 2 N–H and O–H groups in total. The Morgan fingerprint density at radius 3 is 2.45 bits per heavy atom. The molecule has 1 heterocycles. The van der Waals surface area contributed by atoms with Crippen molar-refractivity contribution in [3.63, 3.8) is 0 Å². The number of halogens is 2. The number of benzene rings is 2. The van der Waals surface area contributed by atoms with Crippen molar-refractivity contribution in [3.05, 3.63) is 63.1 Å². The van der Waals surface area contributed by atoms with Crippen LogP contribution in [0.15, 0.2) is 42.5 Å². The van der Waals surface area contributed by atoms with Crippen molar-refractivity contribution in [1.29, 1.82) is 0 Å². The third-order valence-corrected chi connectivity index (χ3v) is 5.31. The lowest BCUT2D eigenvalue weighted by Crippen LogP contribution is -2.19. The number of carbonyl (C=O) groups excluding carboxylic acids is 1. The van der Waals surface area contributed by atoms with Crippen LogP contribution in [0.1, 0.15) is 31.3 Å². The maximum Gasteiger partial charge on any atom is 0.325 e. The number of urea groups is 1. The van der Waals surface area contributed by atoms with Crippen molar-refractivity contribution in [3.8, 4) is 5.75 Å². The second-order valence-corrected chi connectivity index (χ2v) is 9.17. The maximum absolute atomic E-state index is 12.1. The van der Waals surface area contributed by atoms with Gasteiger partial charge in [0.05, 0.1) is 10.7 Å². The zero-order chi connectivity index (χ0) is 21.0. The summed E-state index contributed by atoms with van der Waals surface area (Å²) in [6.45, 7) is 6.75. The van der Waals surface area contributed by atoms with Gasteiger partial charge in [-0.2, -0.15) is 0 Å². The molecular formula is C20H20Cl2N4O2S. The summed E-state index contributed by atoms with van der Waals surface area (Å²) in [5.41, 5.74) is 1.77. The lowest BCUT2D eigenvalue weighted by atomic mass is 9.87. The molecule has 29 heavy (non-hydrogen) atoms. The Balaban J connectivity index is 1.53. The van der Waals surface area contributed by atoms with Gasteiger partial charge in [0.1, 0.15) is 12.4 Å². The van der Waals surface area contributed by atoms with Crippen LogP contribution in [0.2, 0.25) is 10.0 Å². The van der Waals surface area contributed by atoms with Gasteiger partial charge in [-0.05, 0) is 41.3 Å². The molecule has 0 spiro atoms. The maximum atomic E-state index is 12.1. The summed E-state index contributed by atoms with van der Waals surface area (Å²) in [6.07, 6.45) is 0. The van der Waals surface area contributed by atoms with Crippen LogP contribution in [-0.2, 0) is 12.0 Å². The first kappa shape index (κ1) is 21.4. The molecule has 0 radical (unpaired) electrons. The van der Waals surface area contributed by atoms with E-state index in [1.54, 1.807) is 18.2 Å². The predicted molar refractivity (Wildman–Crippen MR) is 118 cm³/mol. The third-order valence-electron chi connectivity index (χ3n) is 3.95. The summed E-state index contributed by atoms with van der Waals surface area (Å²) in [5.74, 6) is 0.748. The van der Waals surface area contributed by atoms with Crippen molar-refractivity contribution in [2.45, 2.75) is 32.8 Å². The number of nitrogens with one attached hydrogen (secondary N) is 2. The standard InChI is InChI=1S/C20H20Cl2N4O2S/c1-20(2,3)12-4-7-14(8-5-12)28-11-17-25-26-19(29-17)24-18(27)23-16-9-6-13(21)10-15(16)22/h4-10H,11H2,1-3H3,(H2,23,24,26,27). The van der Waals surface area contributed by atoms with Gasteiger partial charge in [0.25, 0.3) is 0 Å². The van der Waals surface area contributed by atoms with Crippen LogP contribution in [0.5, 0.6) is 5.75 Å². The lowest BCUT2D eigenvalue weighted by molar-refractivity contribution is 0.262. The number of hydrogen-bond donors (Lipinski definition) is 2. The molecule has 3 aromatic rings. The molecule has 0 unspecified atom stereocenters. The van der Waals surface area contributed by atoms with Gasteiger partial charge >= 0.3 is 6.03 Å². The van der Waals surface area contributed by atoms with E-state index in [0.29, 0.717) is 25.9 Å². The van der Waals surface area contributed by atoms with Gasteiger partial charge in [0.2, 0.25) is 5.13 Å². The highest BCUT2D eigenvalue weighted by Crippen LogP contribution is 2.27. The van der Waals surface area contributed by atoms with E-state index in [1.807, 2.05) is 12.1 Å². The van der Waals surface area contributed by atoms with E-state index in [1.165, 1.54) is 16.9 Å². The van der Waals surface area contributed by atoms with E-state index >= 15 is 0 Å². The normalized spacial score (nSPS) is 11.2. The Morgan fingerprint density at radius 2 is 1.79 bits per heavy atom.